The highest BCUT2D eigenvalue weighted by molar-refractivity contribution is 5.74. The summed E-state index contributed by atoms with van der Waals surface area (Å²) in [7, 11) is 1.77. The van der Waals surface area contributed by atoms with Crippen LogP contribution < -0.4 is 0 Å². The summed E-state index contributed by atoms with van der Waals surface area (Å²) < 4.78 is 0. The van der Waals surface area contributed by atoms with E-state index < -0.39 is 0 Å². The second-order valence-electron chi connectivity index (χ2n) is 2.49. The van der Waals surface area contributed by atoms with Crippen molar-refractivity contribution < 1.29 is 9.63 Å². The van der Waals surface area contributed by atoms with E-state index >= 15 is 0 Å². The van der Waals surface area contributed by atoms with Gasteiger partial charge in [0.2, 0.25) is 0 Å². The van der Waals surface area contributed by atoms with Crippen molar-refractivity contribution in [3.63, 3.8) is 0 Å². The smallest absolute Gasteiger partial charge is 0.329 e. The Morgan fingerprint density at radius 2 is 2.11 bits per heavy atom. The molecule has 3 nitrogen and oxygen atoms in total. The van der Waals surface area contributed by atoms with Crippen molar-refractivity contribution in [2.24, 2.45) is 5.92 Å². The summed E-state index contributed by atoms with van der Waals surface area (Å²) in [6.45, 7) is 3.84. The van der Waals surface area contributed by atoms with E-state index in [2.05, 4.69) is 0 Å². The first kappa shape index (κ1) is 6.55. The Balaban J connectivity index is 2.65. The quantitative estimate of drug-likeness (QED) is 0.474. The van der Waals surface area contributed by atoms with Gasteiger partial charge in [-0.1, -0.05) is 6.92 Å². The van der Waals surface area contributed by atoms with Gasteiger partial charge in [0.25, 0.3) is 0 Å². The van der Waals surface area contributed by atoms with Crippen molar-refractivity contribution in [2.75, 3.05) is 7.05 Å². The SMILES string of the molecule is C[C@@H]1[C@@H](C)C(=O)ON1C. The highest BCUT2D eigenvalue weighted by Gasteiger charge is 2.34. The van der Waals surface area contributed by atoms with Crippen LogP contribution in [-0.2, 0) is 9.63 Å². The second kappa shape index (κ2) is 1.99. The van der Waals surface area contributed by atoms with Gasteiger partial charge in [0, 0.05) is 7.05 Å². The van der Waals surface area contributed by atoms with Crippen LogP contribution in [0.1, 0.15) is 13.8 Å². The molecule has 0 radical (unpaired) electrons. The lowest BCUT2D eigenvalue weighted by molar-refractivity contribution is -0.168. The molecule has 0 spiro atoms. The van der Waals surface area contributed by atoms with Crippen LogP contribution >= 0.6 is 0 Å². The first-order valence-electron chi connectivity index (χ1n) is 3.07. The summed E-state index contributed by atoms with van der Waals surface area (Å²) in [5, 5.41) is 1.59. The molecule has 52 valence electrons. The maximum atomic E-state index is 10.7. The zero-order chi connectivity index (χ0) is 7.02. The number of hydrogen-bond donors (Lipinski definition) is 0. The molecule has 0 aromatic carbocycles. The maximum Gasteiger partial charge on any atom is 0.329 e. The molecule has 0 aromatic rings. The van der Waals surface area contributed by atoms with Crippen molar-refractivity contribution in [1.82, 2.24) is 5.06 Å². The minimum absolute atomic E-state index is 0.0231. The Kier molecular flexibility index (Phi) is 1.45. The molecule has 0 saturated carbocycles. The molecule has 1 saturated heterocycles. The average molecular weight is 129 g/mol. The Bertz CT molecular complexity index is 135. The second-order valence-corrected chi connectivity index (χ2v) is 2.49. The van der Waals surface area contributed by atoms with E-state index in [4.69, 9.17) is 4.84 Å². The summed E-state index contributed by atoms with van der Waals surface area (Å²) in [5.74, 6) is -0.0972. The Morgan fingerprint density at radius 3 is 2.22 bits per heavy atom. The summed E-state index contributed by atoms with van der Waals surface area (Å²) in [5.41, 5.74) is 0. The number of carbonyl (C=O) groups excluding carboxylic acids is 1. The van der Waals surface area contributed by atoms with Crippen LogP contribution in [-0.4, -0.2) is 24.1 Å². The topological polar surface area (TPSA) is 29.5 Å². The lowest BCUT2D eigenvalue weighted by Gasteiger charge is -2.11. The maximum absolute atomic E-state index is 10.7. The van der Waals surface area contributed by atoms with E-state index in [1.807, 2.05) is 13.8 Å². The summed E-state index contributed by atoms with van der Waals surface area (Å²) >= 11 is 0. The normalized spacial score (nSPS) is 37.0. The number of hydroxylamine groups is 2. The average Bonchev–Trinajstić information content (AvgIpc) is 1.98. The first-order valence-corrected chi connectivity index (χ1v) is 3.07. The van der Waals surface area contributed by atoms with Crippen LogP contribution in [0.2, 0.25) is 0 Å². The van der Waals surface area contributed by atoms with E-state index in [0.717, 1.165) is 0 Å². The third-order valence-electron chi connectivity index (χ3n) is 1.90. The van der Waals surface area contributed by atoms with E-state index in [9.17, 15) is 4.79 Å². The molecular weight excluding hydrogens is 118 g/mol. The van der Waals surface area contributed by atoms with Crippen molar-refractivity contribution >= 4 is 5.97 Å². The van der Waals surface area contributed by atoms with Crippen molar-refractivity contribution in [3.05, 3.63) is 0 Å². The fraction of sp³-hybridized carbons (Fsp3) is 0.833. The van der Waals surface area contributed by atoms with Gasteiger partial charge in [0.1, 0.15) is 0 Å². The lowest BCUT2D eigenvalue weighted by atomic mass is 10.1. The molecule has 1 heterocycles. The van der Waals surface area contributed by atoms with E-state index in [1.165, 1.54) is 0 Å². The van der Waals surface area contributed by atoms with Crippen LogP contribution in [0.25, 0.3) is 0 Å². The van der Waals surface area contributed by atoms with Crippen molar-refractivity contribution in [2.45, 2.75) is 19.9 Å². The molecule has 1 rings (SSSR count). The molecule has 0 amide bonds. The molecule has 0 bridgehead atoms. The fourth-order valence-electron chi connectivity index (χ4n) is 0.820. The number of carbonyl (C=O) groups is 1. The highest BCUT2D eigenvalue weighted by atomic mass is 16.7. The van der Waals surface area contributed by atoms with E-state index in [0.29, 0.717) is 0 Å². The lowest BCUT2D eigenvalue weighted by Crippen LogP contribution is -2.23. The summed E-state index contributed by atoms with van der Waals surface area (Å²) in [6.07, 6.45) is 0. The molecule has 0 aromatic heterocycles. The van der Waals surface area contributed by atoms with E-state index in [1.54, 1.807) is 12.1 Å². The van der Waals surface area contributed by atoms with Gasteiger partial charge in [-0.05, 0) is 6.92 Å². The van der Waals surface area contributed by atoms with Gasteiger partial charge in [-0.25, -0.2) is 4.79 Å². The van der Waals surface area contributed by atoms with Crippen LogP contribution in [0.15, 0.2) is 0 Å². The highest BCUT2D eigenvalue weighted by Crippen LogP contribution is 2.18. The van der Waals surface area contributed by atoms with Gasteiger partial charge in [0.05, 0.1) is 12.0 Å². The Morgan fingerprint density at radius 1 is 1.56 bits per heavy atom. The van der Waals surface area contributed by atoms with Crippen LogP contribution in [0.3, 0.4) is 0 Å². The van der Waals surface area contributed by atoms with Crippen LogP contribution in [0.4, 0.5) is 0 Å². The van der Waals surface area contributed by atoms with Gasteiger partial charge >= 0.3 is 5.97 Å². The summed E-state index contributed by atoms with van der Waals surface area (Å²) in [4.78, 5) is 15.5. The predicted molar refractivity (Wildman–Crippen MR) is 32.5 cm³/mol. The first-order chi connectivity index (χ1) is 4.13. The van der Waals surface area contributed by atoms with Crippen LogP contribution in [0, 0.1) is 5.92 Å². The van der Waals surface area contributed by atoms with Gasteiger partial charge in [-0.3, -0.25) is 0 Å². The van der Waals surface area contributed by atoms with Gasteiger partial charge < -0.3 is 4.84 Å². The number of nitrogens with zero attached hydrogens (tertiary/aromatic N) is 1. The molecule has 9 heavy (non-hydrogen) atoms. The molecule has 1 fully saturated rings. The van der Waals surface area contributed by atoms with Gasteiger partial charge in [-0.15, -0.1) is 5.06 Å². The molecule has 1 aliphatic heterocycles. The Hall–Kier alpha value is -0.570. The zero-order valence-corrected chi connectivity index (χ0v) is 5.92. The number of rotatable bonds is 0. The van der Waals surface area contributed by atoms with Crippen LogP contribution in [0.5, 0.6) is 0 Å². The largest absolute Gasteiger partial charge is 0.368 e. The molecule has 0 aliphatic carbocycles. The summed E-state index contributed by atoms with van der Waals surface area (Å²) in [6, 6.07) is 0.220. The van der Waals surface area contributed by atoms with Crippen molar-refractivity contribution in [1.29, 1.82) is 0 Å². The molecule has 0 unspecified atom stereocenters. The molecule has 2 atom stereocenters. The molecular formula is C6H11NO2. The minimum Gasteiger partial charge on any atom is -0.368 e. The van der Waals surface area contributed by atoms with E-state index in [-0.39, 0.29) is 17.9 Å². The minimum atomic E-state index is -0.120. The van der Waals surface area contributed by atoms with Gasteiger partial charge in [0.15, 0.2) is 0 Å². The molecule has 1 aliphatic rings. The predicted octanol–water partition coefficient (Wildman–Crippen LogP) is 0.415. The molecule has 3 heteroatoms. The third-order valence-corrected chi connectivity index (χ3v) is 1.90. The van der Waals surface area contributed by atoms with Gasteiger partial charge in [-0.2, -0.15) is 0 Å². The monoisotopic (exact) mass is 129 g/mol. The van der Waals surface area contributed by atoms with Crippen molar-refractivity contribution in [3.8, 4) is 0 Å². The fourth-order valence-corrected chi connectivity index (χ4v) is 0.820. The Labute approximate surface area is 54.5 Å². The number of hydrogen-bond acceptors (Lipinski definition) is 3. The zero-order valence-electron chi connectivity index (χ0n) is 5.92. The third kappa shape index (κ3) is 0.920. The molecule has 0 N–H and O–H groups in total. The standard InChI is InChI=1S/C6H11NO2/c1-4-5(2)7(3)9-6(4)8/h4-5H,1-3H3/t4-,5-/m1/s1.